The summed E-state index contributed by atoms with van der Waals surface area (Å²) in [5, 5.41) is 0. The first-order chi connectivity index (χ1) is 8.88. The van der Waals surface area contributed by atoms with Crippen molar-refractivity contribution in [2.75, 3.05) is 0 Å². The summed E-state index contributed by atoms with van der Waals surface area (Å²) >= 11 is 0. The SMILES string of the molecule is CCCCCCCCCCCCCC1CC1CC. The van der Waals surface area contributed by atoms with E-state index < -0.39 is 0 Å². The number of hydrogen-bond acceptors (Lipinski definition) is 0. The summed E-state index contributed by atoms with van der Waals surface area (Å²) < 4.78 is 0. The summed E-state index contributed by atoms with van der Waals surface area (Å²) in [4.78, 5) is 0. The van der Waals surface area contributed by atoms with Crippen molar-refractivity contribution >= 4 is 0 Å². The van der Waals surface area contributed by atoms with Crippen LogP contribution in [0.4, 0.5) is 0 Å². The fraction of sp³-hybridized carbons (Fsp3) is 1.00. The lowest BCUT2D eigenvalue weighted by Gasteiger charge is -2.02. The lowest BCUT2D eigenvalue weighted by molar-refractivity contribution is 0.525. The standard InChI is InChI=1S/C18H36/c1-3-5-6-7-8-9-10-11-12-13-14-15-18-16-17(18)4-2/h17-18H,3-16H2,1-2H3. The highest BCUT2D eigenvalue weighted by Crippen LogP contribution is 2.44. The van der Waals surface area contributed by atoms with Gasteiger partial charge in [0.1, 0.15) is 0 Å². The Bertz CT molecular complexity index is 173. The van der Waals surface area contributed by atoms with Crippen molar-refractivity contribution < 1.29 is 0 Å². The van der Waals surface area contributed by atoms with Crippen molar-refractivity contribution in [3.63, 3.8) is 0 Å². The van der Waals surface area contributed by atoms with E-state index in [4.69, 9.17) is 0 Å². The van der Waals surface area contributed by atoms with E-state index >= 15 is 0 Å². The van der Waals surface area contributed by atoms with Gasteiger partial charge < -0.3 is 0 Å². The maximum atomic E-state index is 2.35. The molecule has 1 rings (SSSR count). The first kappa shape index (κ1) is 16.1. The Kier molecular flexibility index (Phi) is 9.70. The van der Waals surface area contributed by atoms with Crippen LogP contribution in [0.2, 0.25) is 0 Å². The van der Waals surface area contributed by atoms with Gasteiger partial charge in [-0.2, -0.15) is 0 Å². The molecule has 0 radical (unpaired) electrons. The molecular weight excluding hydrogens is 216 g/mol. The molecule has 1 aliphatic rings. The first-order valence-corrected chi connectivity index (χ1v) is 8.88. The van der Waals surface area contributed by atoms with Gasteiger partial charge >= 0.3 is 0 Å². The van der Waals surface area contributed by atoms with E-state index in [9.17, 15) is 0 Å². The van der Waals surface area contributed by atoms with E-state index in [0.29, 0.717) is 0 Å². The molecule has 0 heterocycles. The van der Waals surface area contributed by atoms with E-state index in [0.717, 1.165) is 11.8 Å². The summed E-state index contributed by atoms with van der Waals surface area (Å²) in [6, 6.07) is 0. The molecule has 1 saturated carbocycles. The molecule has 0 amide bonds. The van der Waals surface area contributed by atoms with E-state index in [2.05, 4.69) is 13.8 Å². The van der Waals surface area contributed by atoms with Crippen molar-refractivity contribution in [3.8, 4) is 0 Å². The summed E-state index contributed by atoms with van der Waals surface area (Å²) in [5.41, 5.74) is 0. The fourth-order valence-corrected chi connectivity index (χ4v) is 3.23. The van der Waals surface area contributed by atoms with Crippen LogP contribution in [-0.2, 0) is 0 Å². The van der Waals surface area contributed by atoms with Crippen LogP contribution < -0.4 is 0 Å². The average Bonchev–Trinajstić information content (AvgIpc) is 3.14. The molecule has 2 atom stereocenters. The molecule has 0 aromatic carbocycles. The van der Waals surface area contributed by atoms with Crippen LogP contribution in [0.3, 0.4) is 0 Å². The zero-order valence-electron chi connectivity index (χ0n) is 13.1. The van der Waals surface area contributed by atoms with E-state index in [1.807, 2.05) is 0 Å². The zero-order chi connectivity index (χ0) is 13.1. The third-order valence-electron chi connectivity index (χ3n) is 4.77. The molecule has 0 saturated heterocycles. The van der Waals surface area contributed by atoms with E-state index in [1.54, 1.807) is 6.42 Å². The molecule has 108 valence electrons. The second kappa shape index (κ2) is 10.9. The maximum absolute atomic E-state index is 2.35. The minimum atomic E-state index is 1.12. The van der Waals surface area contributed by atoms with Gasteiger partial charge in [-0.05, 0) is 18.3 Å². The summed E-state index contributed by atoms with van der Waals surface area (Å²) in [7, 11) is 0. The quantitative estimate of drug-likeness (QED) is 0.319. The van der Waals surface area contributed by atoms with Gasteiger partial charge in [0.25, 0.3) is 0 Å². The maximum Gasteiger partial charge on any atom is -0.0383 e. The van der Waals surface area contributed by atoms with Crippen LogP contribution in [-0.4, -0.2) is 0 Å². The lowest BCUT2D eigenvalue weighted by atomic mass is 10.0. The van der Waals surface area contributed by atoms with Gasteiger partial charge in [0, 0.05) is 0 Å². The molecule has 18 heavy (non-hydrogen) atoms. The molecule has 0 N–H and O–H groups in total. The molecule has 0 heteroatoms. The third-order valence-corrected chi connectivity index (χ3v) is 4.77. The van der Waals surface area contributed by atoms with Gasteiger partial charge in [0.2, 0.25) is 0 Å². The Hall–Kier alpha value is 0. The van der Waals surface area contributed by atoms with Crippen molar-refractivity contribution in [1.82, 2.24) is 0 Å². The highest BCUT2D eigenvalue weighted by molar-refractivity contribution is 4.84. The van der Waals surface area contributed by atoms with Gasteiger partial charge in [0.05, 0.1) is 0 Å². The molecule has 0 aromatic heterocycles. The van der Waals surface area contributed by atoms with Crippen LogP contribution in [0.25, 0.3) is 0 Å². The smallest absolute Gasteiger partial charge is 0.0383 e. The molecular formula is C18H36. The van der Waals surface area contributed by atoms with Gasteiger partial charge in [0.15, 0.2) is 0 Å². The third kappa shape index (κ3) is 8.16. The largest absolute Gasteiger partial charge is 0.0654 e. The summed E-state index contributed by atoms with van der Waals surface area (Å²) in [6.07, 6.45) is 20.8. The van der Waals surface area contributed by atoms with Crippen molar-refractivity contribution in [2.45, 2.75) is 104 Å². The molecule has 0 spiro atoms. The molecule has 0 aliphatic heterocycles. The molecule has 0 bridgehead atoms. The van der Waals surface area contributed by atoms with Gasteiger partial charge in [-0.25, -0.2) is 0 Å². The predicted octanol–water partition coefficient (Wildman–Crippen LogP) is 6.73. The molecule has 0 nitrogen and oxygen atoms in total. The van der Waals surface area contributed by atoms with Gasteiger partial charge in [-0.15, -0.1) is 0 Å². The number of hydrogen-bond donors (Lipinski definition) is 0. The molecule has 1 fully saturated rings. The Morgan fingerprint density at radius 2 is 1.11 bits per heavy atom. The second-order valence-electron chi connectivity index (χ2n) is 6.49. The van der Waals surface area contributed by atoms with E-state index in [1.165, 1.54) is 83.5 Å². The first-order valence-electron chi connectivity index (χ1n) is 8.88. The van der Waals surface area contributed by atoms with Gasteiger partial charge in [-0.1, -0.05) is 97.3 Å². The molecule has 0 aromatic rings. The summed E-state index contributed by atoms with van der Waals surface area (Å²) in [5.74, 6) is 2.25. The van der Waals surface area contributed by atoms with Crippen LogP contribution in [0.1, 0.15) is 104 Å². The monoisotopic (exact) mass is 252 g/mol. The summed E-state index contributed by atoms with van der Waals surface area (Å²) in [6.45, 7) is 4.65. The average molecular weight is 252 g/mol. The Labute approximate surface area is 116 Å². The topological polar surface area (TPSA) is 0 Å². The van der Waals surface area contributed by atoms with Crippen LogP contribution in [0, 0.1) is 11.8 Å². The van der Waals surface area contributed by atoms with Crippen molar-refractivity contribution in [1.29, 1.82) is 0 Å². The van der Waals surface area contributed by atoms with Crippen LogP contribution in [0.15, 0.2) is 0 Å². The van der Waals surface area contributed by atoms with Gasteiger partial charge in [-0.3, -0.25) is 0 Å². The predicted molar refractivity (Wildman–Crippen MR) is 83.0 cm³/mol. The second-order valence-corrected chi connectivity index (χ2v) is 6.49. The highest BCUT2D eigenvalue weighted by atomic mass is 14.4. The number of unbranched alkanes of at least 4 members (excludes halogenated alkanes) is 10. The number of rotatable bonds is 13. The highest BCUT2D eigenvalue weighted by Gasteiger charge is 2.33. The van der Waals surface area contributed by atoms with Crippen LogP contribution >= 0.6 is 0 Å². The lowest BCUT2D eigenvalue weighted by Crippen LogP contribution is -1.85. The Balaban J connectivity index is 1.66. The zero-order valence-corrected chi connectivity index (χ0v) is 13.1. The van der Waals surface area contributed by atoms with Crippen molar-refractivity contribution in [3.05, 3.63) is 0 Å². The minimum Gasteiger partial charge on any atom is -0.0654 e. The minimum absolute atomic E-state index is 1.12. The van der Waals surface area contributed by atoms with Crippen LogP contribution in [0.5, 0.6) is 0 Å². The Morgan fingerprint density at radius 3 is 1.56 bits per heavy atom. The van der Waals surface area contributed by atoms with E-state index in [-0.39, 0.29) is 0 Å². The Morgan fingerprint density at radius 1 is 0.611 bits per heavy atom. The molecule has 2 unspecified atom stereocenters. The molecule has 1 aliphatic carbocycles. The van der Waals surface area contributed by atoms with Crippen molar-refractivity contribution in [2.24, 2.45) is 11.8 Å². The fourth-order valence-electron chi connectivity index (χ4n) is 3.23. The normalized spacial score (nSPS) is 22.3.